The number of hydrogen-bond acceptors (Lipinski definition) is 5. The number of amides is 1. The molecule has 1 amide bonds. The molecule has 1 N–H and O–H groups in total. The molecule has 2 aromatic rings. The Bertz CT molecular complexity index is 837. The van der Waals surface area contributed by atoms with Crippen molar-refractivity contribution >= 4 is 5.91 Å². The lowest BCUT2D eigenvalue weighted by Crippen LogP contribution is -2.26. The number of rotatable bonds is 13. The summed E-state index contributed by atoms with van der Waals surface area (Å²) in [6.07, 6.45) is 1.01. The fourth-order valence-corrected chi connectivity index (χ4v) is 3.24. The van der Waals surface area contributed by atoms with E-state index in [9.17, 15) is 4.79 Å². The fraction of sp³-hybridized carbons (Fsp3) is 0.480. The van der Waals surface area contributed by atoms with Gasteiger partial charge in [-0.15, -0.1) is 0 Å². The predicted molar refractivity (Wildman–Crippen MR) is 122 cm³/mol. The lowest BCUT2D eigenvalue weighted by molar-refractivity contribution is -0.121. The number of ether oxygens (including phenoxy) is 4. The molecular formula is C25H35NO5. The molecule has 31 heavy (non-hydrogen) atoms. The SMILES string of the molecule is CCOc1ccc(CCC(=O)N[C@@H](C)c2ccc(OCC)c(OCC)c2)cc1OCC. The molecule has 0 aromatic heterocycles. The number of hydrogen-bond donors (Lipinski definition) is 1. The van der Waals surface area contributed by atoms with Crippen LogP contribution >= 0.6 is 0 Å². The summed E-state index contributed by atoms with van der Waals surface area (Å²) in [5.74, 6) is 2.85. The highest BCUT2D eigenvalue weighted by Gasteiger charge is 2.14. The maximum Gasteiger partial charge on any atom is 0.220 e. The predicted octanol–water partition coefficient (Wildman–Crippen LogP) is 5.09. The van der Waals surface area contributed by atoms with Crippen LogP contribution in [0.4, 0.5) is 0 Å². The molecule has 0 heterocycles. The minimum absolute atomic E-state index is 0.00816. The van der Waals surface area contributed by atoms with Crippen LogP contribution in [0.15, 0.2) is 36.4 Å². The van der Waals surface area contributed by atoms with Gasteiger partial charge < -0.3 is 24.3 Å². The molecule has 0 fully saturated rings. The van der Waals surface area contributed by atoms with Crippen molar-refractivity contribution in [2.75, 3.05) is 26.4 Å². The van der Waals surface area contributed by atoms with E-state index in [1.165, 1.54) is 0 Å². The molecule has 0 unspecified atom stereocenters. The van der Waals surface area contributed by atoms with Crippen LogP contribution in [0.25, 0.3) is 0 Å². The maximum absolute atomic E-state index is 12.5. The van der Waals surface area contributed by atoms with Gasteiger partial charge in [0.2, 0.25) is 5.91 Å². The Morgan fingerprint density at radius 2 is 1.29 bits per heavy atom. The van der Waals surface area contributed by atoms with Crippen molar-refractivity contribution < 1.29 is 23.7 Å². The summed E-state index contributed by atoms with van der Waals surface area (Å²) in [6, 6.07) is 11.5. The highest BCUT2D eigenvalue weighted by Crippen LogP contribution is 2.31. The largest absolute Gasteiger partial charge is 0.490 e. The Labute approximate surface area is 185 Å². The first-order valence-electron chi connectivity index (χ1n) is 11.1. The molecule has 6 nitrogen and oxygen atoms in total. The molecule has 2 aromatic carbocycles. The van der Waals surface area contributed by atoms with E-state index >= 15 is 0 Å². The van der Waals surface area contributed by atoms with Gasteiger partial charge in [-0.3, -0.25) is 4.79 Å². The fourth-order valence-electron chi connectivity index (χ4n) is 3.24. The van der Waals surface area contributed by atoms with Gasteiger partial charge in [-0.05, 0) is 76.4 Å². The lowest BCUT2D eigenvalue weighted by atomic mass is 10.1. The number of nitrogens with one attached hydrogen (secondary N) is 1. The number of benzene rings is 2. The van der Waals surface area contributed by atoms with Gasteiger partial charge in [0.25, 0.3) is 0 Å². The van der Waals surface area contributed by atoms with Gasteiger partial charge in [0.1, 0.15) is 0 Å². The number of carbonyl (C=O) groups excluding carboxylic acids is 1. The molecular weight excluding hydrogens is 394 g/mol. The third kappa shape index (κ3) is 7.39. The van der Waals surface area contributed by atoms with Gasteiger partial charge in [0, 0.05) is 6.42 Å². The molecule has 1 atom stereocenters. The molecule has 0 radical (unpaired) electrons. The Kier molecular flexibility index (Phi) is 10.0. The van der Waals surface area contributed by atoms with Crippen molar-refractivity contribution in [1.82, 2.24) is 5.32 Å². The Morgan fingerprint density at radius 3 is 1.87 bits per heavy atom. The molecule has 0 aliphatic carbocycles. The van der Waals surface area contributed by atoms with Crippen molar-refractivity contribution in [2.24, 2.45) is 0 Å². The maximum atomic E-state index is 12.5. The summed E-state index contributed by atoms with van der Waals surface area (Å²) in [5, 5.41) is 3.07. The van der Waals surface area contributed by atoms with E-state index in [1.54, 1.807) is 0 Å². The molecule has 0 saturated heterocycles. The minimum Gasteiger partial charge on any atom is -0.490 e. The average molecular weight is 430 g/mol. The third-order valence-electron chi connectivity index (χ3n) is 4.69. The quantitative estimate of drug-likeness (QED) is 0.480. The summed E-state index contributed by atoms with van der Waals surface area (Å²) < 4.78 is 22.6. The Balaban J connectivity index is 1.98. The average Bonchev–Trinajstić information content (AvgIpc) is 2.75. The molecule has 0 spiro atoms. The molecule has 0 aliphatic heterocycles. The second-order valence-electron chi connectivity index (χ2n) is 7.01. The van der Waals surface area contributed by atoms with Crippen molar-refractivity contribution in [1.29, 1.82) is 0 Å². The van der Waals surface area contributed by atoms with Crippen LogP contribution in [0.5, 0.6) is 23.0 Å². The summed E-state index contributed by atoms with van der Waals surface area (Å²) in [7, 11) is 0. The first kappa shape index (κ1) is 24.4. The summed E-state index contributed by atoms with van der Waals surface area (Å²) >= 11 is 0. The molecule has 0 saturated carbocycles. The van der Waals surface area contributed by atoms with E-state index in [2.05, 4.69) is 5.32 Å². The highest BCUT2D eigenvalue weighted by atomic mass is 16.5. The standard InChI is InChI=1S/C25H35NO5/c1-6-28-21-13-10-19(16-23(21)30-8-3)11-15-25(27)26-18(5)20-12-14-22(29-7-2)24(17-20)31-9-4/h10,12-14,16-18H,6-9,11,15H2,1-5H3,(H,26,27)/t18-/m0/s1. The van der Waals surface area contributed by atoms with Crippen LogP contribution in [0.3, 0.4) is 0 Å². The van der Waals surface area contributed by atoms with E-state index in [-0.39, 0.29) is 11.9 Å². The van der Waals surface area contributed by atoms with Crippen LogP contribution < -0.4 is 24.3 Å². The topological polar surface area (TPSA) is 66.0 Å². The summed E-state index contributed by atoms with van der Waals surface area (Å²) in [4.78, 5) is 12.5. The Hall–Kier alpha value is -2.89. The van der Waals surface area contributed by atoms with E-state index in [1.807, 2.05) is 71.0 Å². The Morgan fingerprint density at radius 1 is 0.774 bits per heavy atom. The summed E-state index contributed by atoms with van der Waals surface area (Å²) in [5.41, 5.74) is 2.01. The van der Waals surface area contributed by atoms with Crippen molar-refractivity contribution in [3.05, 3.63) is 47.5 Å². The first-order chi connectivity index (χ1) is 15.0. The zero-order valence-corrected chi connectivity index (χ0v) is 19.3. The zero-order valence-electron chi connectivity index (χ0n) is 19.3. The summed E-state index contributed by atoms with van der Waals surface area (Å²) in [6.45, 7) is 12.0. The molecule has 0 bridgehead atoms. The van der Waals surface area contributed by atoms with Gasteiger partial charge in [0.15, 0.2) is 23.0 Å². The van der Waals surface area contributed by atoms with Crippen molar-refractivity contribution in [3.63, 3.8) is 0 Å². The van der Waals surface area contributed by atoms with Crippen LogP contribution in [0.2, 0.25) is 0 Å². The lowest BCUT2D eigenvalue weighted by Gasteiger charge is -2.18. The molecule has 0 aliphatic rings. The number of carbonyl (C=O) groups is 1. The van der Waals surface area contributed by atoms with Crippen molar-refractivity contribution in [3.8, 4) is 23.0 Å². The van der Waals surface area contributed by atoms with Crippen molar-refractivity contribution in [2.45, 2.75) is 53.5 Å². The number of aryl methyl sites for hydroxylation is 1. The van der Waals surface area contributed by atoms with E-state index in [0.717, 1.165) is 16.9 Å². The van der Waals surface area contributed by atoms with Gasteiger partial charge in [-0.1, -0.05) is 12.1 Å². The van der Waals surface area contributed by atoms with Crippen LogP contribution in [-0.4, -0.2) is 32.3 Å². The zero-order chi connectivity index (χ0) is 22.6. The smallest absolute Gasteiger partial charge is 0.220 e. The van der Waals surface area contributed by atoms with E-state index in [4.69, 9.17) is 18.9 Å². The third-order valence-corrected chi connectivity index (χ3v) is 4.69. The van der Waals surface area contributed by atoms with Gasteiger partial charge in [-0.2, -0.15) is 0 Å². The molecule has 6 heteroatoms. The van der Waals surface area contributed by atoms with Gasteiger partial charge in [0.05, 0.1) is 32.5 Å². The van der Waals surface area contributed by atoms with Gasteiger partial charge in [-0.25, -0.2) is 0 Å². The normalized spacial score (nSPS) is 11.5. The second-order valence-corrected chi connectivity index (χ2v) is 7.01. The minimum atomic E-state index is -0.137. The second kappa shape index (κ2) is 12.7. The van der Waals surface area contributed by atoms with Crippen LogP contribution in [-0.2, 0) is 11.2 Å². The van der Waals surface area contributed by atoms with E-state index < -0.39 is 0 Å². The first-order valence-corrected chi connectivity index (χ1v) is 11.1. The molecule has 170 valence electrons. The van der Waals surface area contributed by atoms with Crippen LogP contribution in [0, 0.1) is 0 Å². The molecule has 2 rings (SSSR count). The van der Waals surface area contributed by atoms with Gasteiger partial charge >= 0.3 is 0 Å². The monoisotopic (exact) mass is 429 g/mol. The van der Waals surface area contributed by atoms with E-state index in [0.29, 0.717) is 56.5 Å². The van der Waals surface area contributed by atoms with Crippen LogP contribution in [0.1, 0.15) is 58.2 Å². The highest BCUT2D eigenvalue weighted by molar-refractivity contribution is 5.76.